The minimum absolute atomic E-state index is 0.0483. The van der Waals surface area contributed by atoms with Gasteiger partial charge in [-0.05, 0) is 18.6 Å². The molecule has 0 unspecified atom stereocenters. The van der Waals surface area contributed by atoms with Crippen molar-refractivity contribution in [2.75, 3.05) is 25.5 Å². The van der Waals surface area contributed by atoms with E-state index in [2.05, 4.69) is 20.9 Å². The minimum atomic E-state index is -0.206. The predicted molar refractivity (Wildman–Crippen MR) is 74.0 cm³/mol. The summed E-state index contributed by atoms with van der Waals surface area (Å²) in [5, 5.41) is 8.32. The number of amides is 2. The van der Waals surface area contributed by atoms with Crippen LogP contribution in [0.2, 0.25) is 0 Å². The van der Waals surface area contributed by atoms with Gasteiger partial charge in [-0.1, -0.05) is 6.92 Å². The Labute approximate surface area is 113 Å². The van der Waals surface area contributed by atoms with Crippen molar-refractivity contribution in [3.8, 4) is 0 Å². The highest BCUT2D eigenvalue weighted by Gasteiger charge is 2.07. The molecule has 0 bridgehead atoms. The summed E-state index contributed by atoms with van der Waals surface area (Å²) in [6, 6.07) is 3.29. The van der Waals surface area contributed by atoms with E-state index >= 15 is 0 Å². The van der Waals surface area contributed by atoms with Crippen LogP contribution in [0.15, 0.2) is 18.3 Å². The molecule has 0 aliphatic rings. The monoisotopic (exact) mass is 264 g/mol. The van der Waals surface area contributed by atoms with Crippen LogP contribution in [0.5, 0.6) is 0 Å². The van der Waals surface area contributed by atoms with Crippen LogP contribution in [0.25, 0.3) is 0 Å². The summed E-state index contributed by atoms with van der Waals surface area (Å²) in [4.78, 5) is 27.2. The summed E-state index contributed by atoms with van der Waals surface area (Å²) in [7, 11) is 1.74. The molecule has 0 spiro atoms. The normalized spacial score (nSPS) is 9.79. The van der Waals surface area contributed by atoms with Gasteiger partial charge in [-0.2, -0.15) is 0 Å². The Balaban J connectivity index is 2.36. The Hall–Kier alpha value is -2.11. The van der Waals surface area contributed by atoms with Gasteiger partial charge in [0.05, 0.1) is 0 Å². The number of pyridine rings is 1. The molecule has 1 aromatic rings. The van der Waals surface area contributed by atoms with Gasteiger partial charge < -0.3 is 16.0 Å². The fraction of sp³-hybridized carbons (Fsp3) is 0.462. The maximum atomic E-state index is 11.8. The van der Waals surface area contributed by atoms with Gasteiger partial charge in [-0.15, -0.1) is 0 Å². The first-order valence-electron chi connectivity index (χ1n) is 6.36. The van der Waals surface area contributed by atoms with Crippen LogP contribution in [-0.2, 0) is 4.79 Å². The molecule has 2 amide bonds. The molecular formula is C13H20N4O2. The van der Waals surface area contributed by atoms with Crippen molar-refractivity contribution in [1.29, 1.82) is 0 Å². The minimum Gasteiger partial charge on any atom is -0.373 e. The van der Waals surface area contributed by atoms with E-state index in [1.165, 1.54) is 0 Å². The van der Waals surface area contributed by atoms with Gasteiger partial charge in [0.15, 0.2) is 0 Å². The van der Waals surface area contributed by atoms with Gasteiger partial charge in [-0.25, -0.2) is 4.98 Å². The van der Waals surface area contributed by atoms with Crippen LogP contribution < -0.4 is 16.0 Å². The summed E-state index contributed by atoms with van der Waals surface area (Å²) in [6.07, 6.45) is 2.76. The van der Waals surface area contributed by atoms with Crippen molar-refractivity contribution in [1.82, 2.24) is 15.6 Å². The van der Waals surface area contributed by atoms with Gasteiger partial charge >= 0.3 is 0 Å². The van der Waals surface area contributed by atoms with Crippen molar-refractivity contribution < 1.29 is 9.59 Å². The van der Waals surface area contributed by atoms with Crippen molar-refractivity contribution in [2.45, 2.75) is 19.8 Å². The van der Waals surface area contributed by atoms with Gasteiger partial charge in [0.1, 0.15) is 5.82 Å². The molecule has 3 N–H and O–H groups in total. The smallest absolute Gasteiger partial charge is 0.251 e. The van der Waals surface area contributed by atoms with Gasteiger partial charge in [0.25, 0.3) is 5.91 Å². The summed E-state index contributed by atoms with van der Waals surface area (Å²) < 4.78 is 0. The van der Waals surface area contributed by atoms with Crippen LogP contribution in [-0.4, -0.2) is 36.9 Å². The molecule has 0 saturated heterocycles. The lowest BCUT2D eigenvalue weighted by Gasteiger charge is -2.07. The molecule has 0 atom stereocenters. The summed E-state index contributed by atoms with van der Waals surface area (Å²) >= 11 is 0. The zero-order valence-corrected chi connectivity index (χ0v) is 11.3. The van der Waals surface area contributed by atoms with Crippen molar-refractivity contribution in [2.24, 2.45) is 0 Å². The Bertz CT molecular complexity index is 434. The van der Waals surface area contributed by atoms with E-state index in [9.17, 15) is 9.59 Å². The van der Waals surface area contributed by atoms with E-state index < -0.39 is 0 Å². The fourth-order valence-electron chi connectivity index (χ4n) is 1.45. The molecule has 0 aliphatic carbocycles. The summed E-state index contributed by atoms with van der Waals surface area (Å²) in [5.74, 6) is 0.378. The first-order chi connectivity index (χ1) is 9.17. The van der Waals surface area contributed by atoms with Crippen LogP contribution in [0, 0.1) is 0 Å². The fourth-order valence-corrected chi connectivity index (χ4v) is 1.45. The largest absolute Gasteiger partial charge is 0.373 e. The first-order valence-corrected chi connectivity index (χ1v) is 6.36. The third-order valence-corrected chi connectivity index (χ3v) is 2.49. The highest BCUT2D eigenvalue weighted by molar-refractivity contribution is 5.95. The zero-order chi connectivity index (χ0) is 14.1. The molecule has 0 saturated carbocycles. The van der Waals surface area contributed by atoms with Gasteiger partial charge in [-0.3, -0.25) is 9.59 Å². The van der Waals surface area contributed by atoms with Crippen LogP contribution in [0.3, 0.4) is 0 Å². The molecular weight excluding hydrogens is 244 g/mol. The van der Waals surface area contributed by atoms with Crippen LogP contribution in [0.1, 0.15) is 30.1 Å². The quantitative estimate of drug-likeness (QED) is 0.679. The molecule has 1 heterocycles. The van der Waals surface area contributed by atoms with Gasteiger partial charge in [0.2, 0.25) is 5.91 Å². The number of nitrogens with one attached hydrogen (secondary N) is 3. The first kappa shape index (κ1) is 14.9. The Morgan fingerprint density at radius 2 is 2.05 bits per heavy atom. The molecule has 19 heavy (non-hydrogen) atoms. The molecule has 0 aromatic carbocycles. The highest BCUT2D eigenvalue weighted by atomic mass is 16.2. The summed E-state index contributed by atoms with van der Waals surface area (Å²) in [6.45, 7) is 2.99. The molecule has 1 aromatic heterocycles. The van der Waals surface area contributed by atoms with E-state index in [0.29, 0.717) is 24.5 Å². The highest BCUT2D eigenvalue weighted by Crippen LogP contribution is 2.05. The molecule has 0 radical (unpaired) electrons. The standard InChI is InChI=1S/C13H20N4O2/c1-3-6-16-12(18)5-8-17-13(19)10-4-7-15-11(9-10)14-2/h4,7,9H,3,5-6,8H2,1-2H3,(H,14,15)(H,16,18)(H,17,19). The lowest BCUT2D eigenvalue weighted by molar-refractivity contribution is -0.120. The van der Waals surface area contributed by atoms with E-state index in [-0.39, 0.29) is 18.2 Å². The van der Waals surface area contributed by atoms with Crippen molar-refractivity contribution in [3.63, 3.8) is 0 Å². The number of anilines is 1. The second-order valence-electron chi connectivity index (χ2n) is 4.04. The maximum absolute atomic E-state index is 11.8. The molecule has 6 heteroatoms. The number of hydrogen-bond acceptors (Lipinski definition) is 4. The number of nitrogens with zero attached hydrogens (tertiary/aromatic N) is 1. The average Bonchev–Trinajstić information content (AvgIpc) is 2.45. The van der Waals surface area contributed by atoms with E-state index in [4.69, 9.17) is 0 Å². The maximum Gasteiger partial charge on any atom is 0.251 e. The zero-order valence-electron chi connectivity index (χ0n) is 11.3. The van der Waals surface area contributed by atoms with E-state index in [0.717, 1.165) is 6.42 Å². The van der Waals surface area contributed by atoms with Crippen LogP contribution >= 0.6 is 0 Å². The molecule has 1 rings (SSSR count). The average molecular weight is 264 g/mol. The third-order valence-electron chi connectivity index (χ3n) is 2.49. The van der Waals surface area contributed by atoms with E-state index in [1.807, 2.05) is 6.92 Å². The third kappa shape index (κ3) is 5.37. The Morgan fingerprint density at radius 3 is 2.74 bits per heavy atom. The number of hydrogen-bond donors (Lipinski definition) is 3. The number of carbonyl (C=O) groups is 2. The van der Waals surface area contributed by atoms with Crippen LogP contribution in [0.4, 0.5) is 5.82 Å². The number of carbonyl (C=O) groups excluding carboxylic acids is 2. The second kappa shape index (κ2) is 8.07. The SMILES string of the molecule is CCCNC(=O)CCNC(=O)c1ccnc(NC)c1. The summed E-state index contributed by atoms with van der Waals surface area (Å²) in [5.41, 5.74) is 0.522. The predicted octanol–water partition coefficient (Wildman–Crippen LogP) is 0.769. The Kier molecular flexibility index (Phi) is 6.35. The van der Waals surface area contributed by atoms with E-state index in [1.54, 1.807) is 25.4 Å². The second-order valence-corrected chi connectivity index (χ2v) is 4.04. The number of rotatable bonds is 7. The number of aromatic nitrogens is 1. The van der Waals surface area contributed by atoms with Gasteiger partial charge in [0, 0.05) is 38.3 Å². The molecule has 6 nitrogen and oxygen atoms in total. The molecule has 0 fully saturated rings. The van der Waals surface area contributed by atoms with Crippen molar-refractivity contribution >= 4 is 17.6 Å². The lowest BCUT2D eigenvalue weighted by atomic mass is 10.2. The Morgan fingerprint density at radius 1 is 1.26 bits per heavy atom. The van der Waals surface area contributed by atoms with Crippen molar-refractivity contribution in [3.05, 3.63) is 23.9 Å². The molecule has 104 valence electrons. The molecule has 0 aliphatic heterocycles. The lowest BCUT2D eigenvalue weighted by Crippen LogP contribution is -2.31. The topological polar surface area (TPSA) is 83.1 Å².